The first-order chi connectivity index (χ1) is 8.09. The number of carbonyl (C=O) groups is 1. The summed E-state index contributed by atoms with van der Waals surface area (Å²) < 4.78 is 0. The minimum Gasteiger partial charge on any atom is -0.316 e. The smallest absolute Gasteiger partial charge is 0.228 e. The van der Waals surface area contributed by atoms with Crippen molar-refractivity contribution in [3.8, 4) is 0 Å². The lowest BCUT2D eigenvalue weighted by molar-refractivity contribution is -0.121. The first kappa shape index (κ1) is 12.5. The van der Waals surface area contributed by atoms with E-state index >= 15 is 0 Å². The maximum absolute atomic E-state index is 11.9. The molecular formula is C10H12Cl2N4O. The molecule has 1 amide bonds. The molecule has 17 heavy (non-hydrogen) atoms. The average Bonchev–Trinajstić information content (AvgIpc) is 2.22. The maximum Gasteiger partial charge on any atom is 0.228 e. The Morgan fingerprint density at radius 2 is 2.24 bits per heavy atom. The first-order valence-electron chi connectivity index (χ1n) is 5.27. The van der Waals surface area contributed by atoms with Gasteiger partial charge in [0, 0.05) is 5.92 Å². The Bertz CT molecular complexity index is 436. The fraction of sp³-hybridized carbons (Fsp3) is 0.500. The van der Waals surface area contributed by atoms with Crippen molar-refractivity contribution in [2.45, 2.75) is 6.92 Å². The molecule has 0 radical (unpaired) electrons. The molecule has 1 aromatic rings. The summed E-state index contributed by atoms with van der Waals surface area (Å²) in [7, 11) is 0. The van der Waals surface area contributed by atoms with Gasteiger partial charge in [0.05, 0.1) is 0 Å². The highest BCUT2D eigenvalue weighted by Crippen LogP contribution is 2.26. The topological polar surface area (TPSA) is 66.9 Å². The second kappa shape index (κ2) is 5.16. The van der Waals surface area contributed by atoms with Gasteiger partial charge in [-0.3, -0.25) is 4.79 Å². The highest BCUT2D eigenvalue weighted by atomic mass is 35.5. The van der Waals surface area contributed by atoms with Crippen molar-refractivity contribution in [2.75, 3.05) is 18.4 Å². The fourth-order valence-electron chi connectivity index (χ4n) is 1.54. The molecule has 1 aliphatic heterocycles. The van der Waals surface area contributed by atoms with Gasteiger partial charge in [-0.25, -0.2) is 9.97 Å². The van der Waals surface area contributed by atoms with Gasteiger partial charge in [-0.2, -0.15) is 0 Å². The number of aromatic nitrogens is 2. The molecule has 1 aromatic heterocycles. The number of hydrogen-bond acceptors (Lipinski definition) is 4. The summed E-state index contributed by atoms with van der Waals surface area (Å²) in [6.45, 7) is 3.62. The Labute approximate surface area is 109 Å². The molecule has 0 saturated carbocycles. The molecule has 0 spiro atoms. The summed E-state index contributed by atoms with van der Waals surface area (Å²) in [5.74, 6) is 0.441. The predicted octanol–water partition coefficient (Wildman–Crippen LogP) is 1.58. The van der Waals surface area contributed by atoms with Gasteiger partial charge in [0.25, 0.3) is 0 Å². The molecular weight excluding hydrogens is 263 g/mol. The van der Waals surface area contributed by atoms with Crippen LogP contribution in [0.25, 0.3) is 0 Å². The minimum atomic E-state index is -0.104. The van der Waals surface area contributed by atoms with Crippen LogP contribution in [0.4, 0.5) is 5.82 Å². The molecule has 0 bridgehead atoms. The monoisotopic (exact) mass is 274 g/mol. The van der Waals surface area contributed by atoms with E-state index in [1.54, 1.807) is 0 Å². The van der Waals surface area contributed by atoms with E-state index in [-0.39, 0.29) is 27.8 Å². The molecule has 2 heterocycles. The molecule has 7 heteroatoms. The highest BCUT2D eigenvalue weighted by molar-refractivity contribution is 6.42. The first-order valence-corrected chi connectivity index (χ1v) is 6.02. The predicted molar refractivity (Wildman–Crippen MR) is 66.2 cm³/mol. The van der Waals surface area contributed by atoms with Gasteiger partial charge in [-0.15, -0.1) is 0 Å². The van der Waals surface area contributed by atoms with Crippen molar-refractivity contribution in [1.82, 2.24) is 15.3 Å². The van der Waals surface area contributed by atoms with Crippen LogP contribution in [-0.4, -0.2) is 29.0 Å². The normalized spacial score (nSPS) is 17.4. The van der Waals surface area contributed by atoms with Crippen LogP contribution in [0.15, 0.2) is 6.33 Å². The maximum atomic E-state index is 11.9. The van der Waals surface area contributed by atoms with Crippen molar-refractivity contribution in [3.05, 3.63) is 16.5 Å². The van der Waals surface area contributed by atoms with E-state index < -0.39 is 0 Å². The number of rotatable bonds is 3. The lowest BCUT2D eigenvalue weighted by Crippen LogP contribution is -2.48. The Kier molecular flexibility index (Phi) is 3.81. The molecule has 1 atom stereocenters. The fourth-order valence-corrected chi connectivity index (χ4v) is 1.82. The Balaban J connectivity index is 2.04. The highest BCUT2D eigenvalue weighted by Gasteiger charge is 2.29. The zero-order valence-corrected chi connectivity index (χ0v) is 10.7. The van der Waals surface area contributed by atoms with E-state index in [1.807, 2.05) is 6.92 Å². The molecule has 1 fully saturated rings. The number of carbonyl (C=O) groups excluding carboxylic acids is 1. The lowest BCUT2D eigenvalue weighted by Gasteiger charge is -2.31. The molecule has 1 unspecified atom stereocenters. The summed E-state index contributed by atoms with van der Waals surface area (Å²) in [6, 6.07) is 0. The van der Waals surface area contributed by atoms with E-state index in [0.29, 0.717) is 5.92 Å². The third kappa shape index (κ3) is 2.68. The van der Waals surface area contributed by atoms with Gasteiger partial charge < -0.3 is 10.6 Å². The Hall–Kier alpha value is -0.910. The minimum absolute atomic E-state index is 0.0824. The van der Waals surface area contributed by atoms with Gasteiger partial charge in [0.1, 0.15) is 11.3 Å². The van der Waals surface area contributed by atoms with Crippen LogP contribution in [0.1, 0.15) is 6.92 Å². The third-order valence-electron chi connectivity index (χ3n) is 2.92. The van der Waals surface area contributed by atoms with Crippen LogP contribution >= 0.6 is 23.2 Å². The van der Waals surface area contributed by atoms with E-state index in [0.717, 1.165) is 13.1 Å². The molecule has 2 N–H and O–H groups in total. The van der Waals surface area contributed by atoms with Crippen molar-refractivity contribution >= 4 is 34.9 Å². The SMILES string of the molecule is CC(C(=O)Nc1ncnc(Cl)c1Cl)C1CNC1. The molecule has 92 valence electrons. The molecule has 2 rings (SSSR count). The van der Waals surface area contributed by atoms with Gasteiger partial charge >= 0.3 is 0 Å². The standard InChI is InChI=1S/C10H12Cl2N4O/c1-5(6-2-13-3-6)10(17)16-9-7(11)8(12)14-4-15-9/h4-6,13H,2-3H2,1H3,(H,14,15,16,17). The molecule has 5 nitrogen and oxygen atoms in total. The molecule has 0 aromatic carbocycles. The number of nitrogens with zero attached hydrogens (tertiary/aromatic N) is 2. The van der Waals surface area contributed by atoms with Gasteiger partial charge in [-0.05, 0) is 19.0 Å². The summed E-state index contributed by atoms with van der Waals surface area (Å²) in [5, 5.41) is 6.10. The summed E-state index contributed by atoms with van der Waals surface area (Å²) in [5.41, 5.74) is 0. The quantitative estimate of drug-likeness (QED) is 0.822. The van der Waals surface area contributed by atoms with Crippen LogP contribution in [-0.2, 0) is 4.79 Å². The summed E-state index contributed by atoms with van der Waals surface area (Å²) >= 11 is 11.6. The molecule has 1 saturated heterocycles. The summed E-state index contributed by atoms with van der Waals surface area (Å²) in [6.07, 6.45) is 1.26. The zero-order chi connectivity index (χ0) is 12.4. The molecule has 1 aliphatic rings. The Morgan fingerprint density at radius 1 is 1.53 bits per heavy atom. The van der Waals surface area contributed by atoms with Crippen molar-refractivity contribution in [3.63, 3.8) is 0 Å². The number of amides is 1. The van der Waals surface area contributed by atoms with E-state index in [9.17, 15) is 4.79 Å². The van der Waals surface area contributed by atoms with Crippen LogP contribution in [0.5, 0.6) is 0 Å². The van der Waals surface area contributed by atoms with Crippen LogP contribution in [0.3, 0.4) is 0 Å². The van der Waals surface area contributed by atoms with Crippen LogP contribution in [0, 0.1) is 11.8 Å². The number of hydrogen-bond donors (Lipinski definition) is 2. The lowest BCUT2D eigenvalue weighted by atomic mass is 9.88. The molecule has 0 aliphatic carbocycles. The van der Waals surface area contributed by atoms with Crippen molar-refractivity contribution in [1.29, 1.82) is 0 Å². The van der Waals surface area contributed by atoms with Crippen molar-refractivity contribution in [2.24, 2.45) is 11.8 Å². The Morgan fingerprint density at radius 3 is 2.82 bits per heavy atom. The number of anilines is 1. The van der Waals surface area contributed by atoms with E-state index in [1.165, 1.54) is 6.33 Å². The van der Waals surface area contributed by atoms with Gasteiger partial charge in [-0.1, -0.05) is 30.1 Å². The van der Waals surface area contributed by atoms with E-state index in [2.05, 4.69) is 20.6 Å². The van der Waals surface area contributed by atoms with Crippen molar-refractivity contribution < 1.29 is 4.79 Å². The van der Waals surface area contributed by atoms with Crippen LogP contribution < -0.4 is 10.6 Å². The number of halogens is 2. The van der Waals surface area contributed by atoms with Crippen LogP contribution in [0.2, 0.25) is 10.2 Å². The second-order valence-electron chi connectivity index (χ2n) is 4.02. The third-order valence-corrected chi connectivity index (χ3v) is 3.66. The zero-order valence-electron chi connectivity index (χ0n) is 9.20. The largest absolute Gasteiger partial charge is 0.316 e. The van der Waals surface area contributed by atoms with Gasteiger partial charge in [0.15, 0.2) is 11.0 Å². The second-order valence-corrected chi connectivity index (χ2v) is 4.76. The number of nitrogens with one attached hydrogen (secondary N) is 2. The van der Waals surface area contributed by atoms with Gasteiger partial charge in [0.2, 0.25) is 5.91 Å². The average molecular weight is 275 g/mol. The summed E-state index contributed by atoms with van der Waals surface area (Å²) in [4.78, 5) is 19.5. The van der Waals surface area contributed by atoms with E-state index in [4.69, 9.17) is 23.2 Å².